The Balaban J connectivity index is 1.40. The van der Waals surface area contributed by atoms with Gasteiger partial charge in [-0.3, -0.25) is 29.5 Å². The van der Waals surface area contributed by atoms with Crippen molar-refractivity contribution in [2.45, 2.75) is 63.6 Å². The highest BCUT2D eigenvalue weighted by atomic mass is 19.4. The number of benzene rings is 1. The molecular weight excluding hydrogens is 553 g/mol. The van der Waals surface area contributed by atoms with Gasteiger partial charge in [0, 0.05) is 56.0 Å². The lowest BCUT2D eigenvalue weighted by Gasteiger charge is -2.45. The molecule has 2 atom stereocenters. The van der Waals surface area contributed by atoms with Crippen LogP contribution < -0.4 is 5.32 Å². The zero-order valence-electron chi connectivity index (χ0n) is 23.8. The number of carbonyl (C=O) groups excluding carboxylic acids is 1. The minimum atomic E-state index is -4.44. The Morgan fingerprint density at radius 3 is 1.60 bits per heavy atom. The topological polar surface area (TPSA) is 74.2 Å². The van der Waals surface area contributed by atoms with Crippen molar-refractivity contribution in [3.05, 3.63) is 120 Å². The molecule has 1 N–H and O–H groups in total. The second-order valence-electron chi connectivity index (χ2n) is 10.8. The maximum absolute atomic E-state index is 13.4. The quantitative estimate of drug-likeness (QED) is 0.220. The number of alkyl halides is 3. The standard InChI is InChI=1S/C33H35F3N6O/c34-33(35,36)25-14-16-26(17-15-25)40-32(43)24-42(23-29-11-5-8-20-39-29)31-13-2-1-12-30(31)41(21-27-9-3-6-18-37-27)22-28-10-4-7-19-38-28/h3-11,14-20,30-31H,1-2,12-13,21-24H2,(H,40,43). The number of halogens is 3. The van der Waals surface area contributed by atoms with Gasteiger partial charge in [0.1, 0.15) is 0 Å². The maximum Gasteiger partial charge on any atom is 0.416 e. The van der Waals surface area contributed by atoms with E-state index in [4.69, 9.17) is 0 Å². The molecule has 0 aliphatic heterocycles. The monoisotopic (exact) mass is 588 g/mol. The summed E-state index contributed by atoms with van der Waals surface area (Å²) >= 11 is 0. The van der Waals surface area contributed by atoms with Crippen LogP contribution in [-0.4, -0.2) is 49.3 Å². The van der Waals surface area contributed by atoms with Gasteiger partial charge in [0.2, 0.25) is 5.91 Å². The number of rotatable bonds is 11. The molecule has 3 heterocycles. The molecule has 10 heteroatoms. The van der Waals surface area contributed by atoms with E-state index >= 15 is 0 Å². The summed E-state index contributed by atoms with van der Waals surface area (Å²) in [4.78, 5) is 31.6. The van der Waals surface area contributed by atoms with Crippen LogP contribution in [0.1, 0.15) is 48.3 Å². The summed E-state index contributed by atoms with van der Waals surface area (Å²) in [7, 11) is 0. The van der Waals surface area contributed by atoms with Crippen molar-refractivity contribution in [2.75, 3.05) is 11.9 Å². The summed E-state index contributed by atoms with van der Waals surface area (Å²) in [6.07, 6.45) is 4.84. The molecule has 0 saturated heterocycles. The fourth-order valence-corrected chi connectivity index (χ4v) is 5.75. The van der Waals surface area contributed by atoms with Gasteiger partial charge in [0.05, 0.1) is 29.2 Å². The summed E-state index contributed by atoms with van der Waals surface area (Å²) in [6, 6.07) is 22.2. The fraction of sp³-hybridized carbons (Fsp3) is 0.333. The van der Waals surface area contributed by atoms with Gasteiger partial charge in [0.15, 0.2) is 0 Å². The number of aromatic nitrogens is 3. The van der Waals surface area contributed by atoms with E-state index in [0.29, 0.717) is 25.3 Å². The number of anilines is 1. The molecule has 0 spiro atoms. The van der Waals surface area contributed by atoms with Gasteiger partial charge in [-0.2, -0.15) is 13.2 Å². The first-order chi connectivity index (χ1) is 20.8. The van der Waals surface area contributed by atoms with Crippen LogP contribution in [-0.2, 0) is 30.6 Å². The highest BCUT2D eigenvalue weighted by Crippen LogP contribution is 2.31. The molecule has 5 rings (SSSR count). The summed E-state index contributed by atoms with van der Waals surface area (Å²) in [6.45, 7) is 1.80. The molecule has 7 nitrogen and oxygen atoms in total. The van der Waals surface area contributed by atoms with Crippen LogP contribution in [0, 0.1) is 0 Å². The van der Waals surface area contributed by atoms with Gasteiger partial charge in [0.25, 0.3) is 0 Å². The molecule has 1 aliphatic rings. The maximum atomic E-state index is 13.4. The van der Waals surface area contributed by atoms with Crippen molar-refractivity contribution in [1.82, 2.24) is 24.8 Å². The van der Waals surface area contributed by atoms with Gasteiger partial charge in [-0.15, -0.1) is 0 Å². The highest BCUT2D eigenvalue weighted by Gasteiger charge is 2.36. The van der Waals surface area contributed by atoms with E-state index in [0.717, 1.165) is 54.9 Å². The van der Waals surface area contributed by atoms with E-state index in [2.05, 4.69) is 30.1 Å². The molecule has 4 aromatic rings. The average molecular weight is 589 g/mol. The smallest absolute Gasteiger partial charge is 0.325 e. The molecule has 3 aromatic heterocycles. The number of amides is 1. The number of hydrogen-bond acceptors (Lipinski definition) is 6. The lowest BCUT2D eigenvalue weighted by atomic mass is 9.87. The second kappa shape index (κ2) is 14.3. The summed E-state index contributed by atoms with van der Waals surface area (Å²) in [5, 5.41) is 2.80. The summed E-state index contributed by atoms with van der Waals surface area (Å²) in [5.74, 6) is -0.291. The van der Waals surface area contributed by atoms with E-state index in [1.54, 1.807) is 18.6 Å². The van der Waals surface area contributed by atoms with Crippen molar-refractivity contribution >= 4 is 11.6 Å². The number of nitrogens with zero attached hydrogens (tertiary/aromatic N) is 5. The van der Waals surface area contributed by atoms with Crippen molar-refractivity contribution in [3.63, 3.8) is 0 Å². The second-order valence-corrected chi connectivity index (χ2v) is 10.8. The van der Waals surface area contributed by atoms with Crippen LogP contribution in [0.3, 0.4) is 0 Å². The first-order valence-corrected chi connectivity index (χ1v) is 14.5. The predicted octanol–water partition coefficient (Wildman–Crippen LogP) is 6.34. The van der Waals surface area contributed by atoms with Crippen LogP contribution in [0.5, 0.6) is 0 Å². The van der Waals surface area contributed by atoms with Crippen LogP contribution in [0.25, 0.3) is 0 Å². The molecule has 224 valence electrons. The number of pyridine rings is 3. The molecule has 0 radical (unpaired) electrons. The molecule has 1 saturated carbocycles. The molecule has 43 heavy (non-hydrogen) atoms. The van der Waals surface area contributed by atoms with E-state index in [-0.39, 0.29) is 24.5 Å². The van der Waals surface area contributed by atoms with Crippen molar-refractivity contribution < 1.29 is 18.0 Å². The Bertz CT molecular complexity index is 1380. The van der Waals surface area contributed by atoms with E-state index in [1.165, 1.54) is 12.1 Å². The average Bonchev–Trinajstić information content (AvgIpc) is 3.02. The third kappa shape index (κ3) is 8.68. The number of hydrogen-bond donors (Lipinski definition) is 1. The first kappa shape index (κ1) is 30.3. The molecule has 1 aliphatic carbocycles. The van der Waals surface area contributed by atoms with Crippen molar-refractivity contribution in [1.29, 1.82) is 0 Å². The largest absolute Gasteiger partial charge is 0.416 e. The Hall–Kier alpha value is -4.15. The Morgan fingerprint density at radius 2 is 1.16 bits per heavy atom. The lowest BCUT2D eigenvalue weighted by Crippen LogP contribution is -2.54. The Morgan fingerprint density at radius 1 is 0.698 bits per heavy atom. The molecular formula is C33H35F3N6O. The minimum Gasteiger partial charge on any atom is -0.325 e. The molecule has 1 aromatic carbocycles. The van der Waals surface area contributed by atoms with Gasteiger partial charge in [-0.25, -0.2) is 0 Å². The Labute approximate surface area is 249 Å². The van der Waals surface area contributed by atoms with Gasteiger partial charge >= 0.3 is 6.18 Å². The number of carbonyl (C=O) groups is 1. The van der Waals surface area contributed by atoms with E-state index < -0.39 is 11.7 Å². The summed E-state index contributed by atoms with van der Waals surface area (Å²) in [5.41, 5.74) is 2.32. The molecule has 1 amide bonds. The zero-order chi connectivity index (χ0) is 30.1. The van der Waals surface area contributed by atoms with Crippen LogP contribution >= 0.6 is 0 Å². The summed E-state index contributed by atoms with van der Waals surface area (Å²) < 4.78 is 39.1. The first-order valence-electron chi connectivity index (χ1n) is 14.5. The molecule has 1 fully saturated rings. The van der Waals surface area contributed by atoms with Gasteiger partial charge in [-0.1, -0.05) is 31.0 Å². The third-order valence-electron chi connectivity index (χ3n) is 7.75. The lowest BCUT2D eigenvalue weighted by molar-refractivity contribution is -0.137. The third-order valence-corrected chi connectivity index (χ3v) is 7.75. The van der Waals surface area contributed by atoms with Gasteiger partial charge in [-0.05, 0) is 73.5 Å². The SMILES string of the molecule is O=C(CN(Cc1ccccn1)C1CCCCC1N(Cc1ccccn1)Cc1ccccn1)Nc1ccc(C(F)(F)F)cc1. The molecule has 0 bridgehead atoms. The van der Waals surface area contributed by atoms with E-state index in [9.17, 15) is 18.0 Å². The van der Waals surface area contributed by atoms with Gasteiger partial charge < -0.3 is 5.32 Å². The Kier molecular flexibility index (Phi) is 10.1. The van der Waals surface area contributed by atoms with Crippen LogP contribution in [0.2, 0.25) is 0 Å². The van der Waals surface area contributed by atoms with Crippen molar-refractivity contribution in [3.8, 4) is 0 Å². The highest BCUT2D eigenvalue weighted by molar-refractivity contribution is 5.92. The van der Waals surface area contributed by atoms with Crippen LogP contribution in [0.4, 0.5) is 18.9 Å². The fourth-order valence-electron chi connectivity index (χ4n) is 5.75. The molecule has 2 unspecified atom stereocenters. The van der Waals surface area contributed by atoms with E-state index in [1.807, 2.05) is 54.6 Å². The van der Waals surface area contributed by atoms with Crippen molar-refractivity contribution in [2.24, 2.45) is 0 Å². The predicted molar refractivity (Wildman–Crippen MR) is 158 cm³/mol. The minimum absolute atomic E-state index is 0.0292. The number of nitrogens with one attached hydrogen (secondary N) is 1. The normalized spacial score (nSPS) is 17.2. The van der Waals surface area contributed by atoms with Crippen LogP contribution in [0.15, 0.2) is 97.5 Å². The zero-order valence-corrected chi connectivity index (χ0v) is 23.8.